The Balaban J connectivity index is 1.30. The van der Waals surface area contributed by atoms with Gasteiger partial charge in [0, 0.05) is 61.4 Å². The van der Waals surface area contributed by atoms with Crippen LogP contribution >= 0.6 is 0 Å². The first-order chi connectivity index (χ1) is 17.2. The summed E-state index contributed by atoms with van der Waals surface area (Å²) in [7, 11) is 0. The minimum absolute atomic E-state index is 0.244. The van der Waals surface area contributed by atoms with Crippen LogP contribution < -0.4 is 5.32 Å². The zero-order chi connectivity index (χ0) is 23.8. The van der Waals surface area contributed by atoms with E-state index in [0.717, 1.165) is 60.9 Å². The van der Waals surface area contributed by atoms with Crippen LogP contribution in [0.3, 0.4) is 0 Å². The topological polar surface area (TPSA) is 79.1 Å². The molecule has 0 bridgehead atoms. The lowest BCUT2D eigenvalue weighted by atomic mass is 9.87. The van der Waals surface area contributed by atoms with Gasteiger partial charge in [-0.3, -0.25) is 4.90 Å². The number of nitrogens with zero attached hydrogens (tertiary/aromatic N) is 5. The maximum Gasteiger partial charge on any atom is 0.230 e. The first-order valence-corrected chi connectivity index (χ1v) is 13.0. The average molecular weight is 471 g/mol. The van der Waals surface area contributed by atoms with Gasteiger partial charge < -0.3 is 15.0 Å². The number of pyridine rings is 1. The summed E-state index contributed by atoms with van der Waals surface area (Å²) in [5.41, 5.74) is 4.68. The lowest BCUT2D eigenvalue weighted by molar-refractivity contribution is 0.211. The third-order valence-corrected chi connectivity index (χ3v) is 7.80. The summed E-state index contributed by atoms with van der Waals surface area (Å²) in [4.78, 5) is 17.0. The summed E-state index contributed by atoms with van der Waals surface area (Å²) in [5, 5.41) is 14.8. The Morgan fingerprint density at radius 1 is 1.03 bits per heavy atom. The standard InChI is InChI=1S/C28H34N6O/c1-19-7-10-21(11-8-19)34-25-6-3-2-5-22(25)23-17-29-28(32-27(23)34)31-26-12-9-20-18-33(14-4-16-35)15-13-24(20)30-26/h2-3,5-6,9,12,17,19,21,35H,4,7-8,10-11,13-16,18H2,1H3,(H,29,30,31,32)/t19-,21-. The van der Waals surface area contributed by atoms with Gasteiger partial charge >= 0.3 is 0 Å². The lowest BCUT2D eigenvalue weighted by Gasteiger charge is -2.28. The molecule has 4 aromatic rings. The number of benzene rings is 1. The van der Waals surface area contributed by atoms with Crippen molar-refractivity contribution < 1.29 is 5.11 Å². The molecule has 0 atom stereocenters. The second-order valence-corrected chi connectivity index (χ2v) is 10.3. The summed E-state index contributed by atoms with van der Waals surface area (Å²) >= 11 is 0. The predicted octanol–water partition coefficient (Wildman–Crippen LogP) is 5.21. The highest BCUT2D eigenvalue weighted by Gasteiger charge is 2.24. The molecule has 0 saturated heterocycles. The van der Waals surface area contributed by atoms with Crippen LogP contribution in [0.2, 0.25) is 0 Å². The molecule has 35 heavy (non-hydrogen) atoms. The minimum atomic E-state index is 0.244. The summed E-state index contributed by atoms with van der Waals surface area (Å²) in [6.45, 7) is 5.41. The van der Waals surface area contributed by atoms with Gasteiger partial charge in [0.05, 0.1) is 5.52 Å². The second kappa shape index (κ2) is 9.55. The number of anilines is 2. The molecule has 1 aliphatic carbocycles. The van der Waals surface area contributed by atoms with E-state index >= 15 is 0 Å². The van der Waals surface area contributed by atoms with Crippen LogP contribution in [-0.2, 0) is 13.0 Å². The molecule has 7 heteroatoms. The molecule has 1 saturated carbocycles. The van der Waals surface area contributed by atoms with E-state index < -0.39 is 0 Å². The fourth-order valence-electron chi connectivity index (χ4n) is 5.85. The highest BCUT2D eigenvalue weighted by molar-refractivity contribution is 6.06. The van der Waals surface area contributed by atoms with Gasteiger partial charge in [0.15, 0.2) is 0 Å². The quantitative estimate of drug-likeness (QED) is 0.402. The molecule has 0 radical (unpaired) electrons. The number of rotatable bonds is 6. The van der Waals surface area contributed by atoms with Crippen molar-refractivity contribution in [3.8, 4) is 0 Å². The molecule has 1 aliphatic heterocycles. The van der Waals surface area contributed by atoms with E-state index in [1.165, 1.54) is 42.1 Å². The van der Waals surface area contributed by atoms with E-state index in [-0.39, 0.29) is 6.61 Å². The first-order valence-electron chi connectivity index (χ1n) is 13.0. The number of nitrogens with one attached hydrogen (secondary N) is 1. The third kappa shape index (κ3) is 4.39. The largest absolute Gasteiger partial charge is 0.396 e. The lowest BCUT2D eigenvalue weighted by Crippen LogP contribution is -2.32. The van der Waals surface area contributed by atoms with Crippen molar-refractivity contribution in [3.05, 3.63) is 53.9 Å². The van der Waals surface area contributed by atoms with Crippen LogP contribution in [0.5, 0.6) is 0 Å². The molecule has 1 aromatic carbocycles. The molecule has 2 aliphatic rings. The molecule has 0 spiro atoms. The zero-order valence-electron chi connectivity index (χ0n) is 20.5. The van der Waals surface area contributed by atoms with Gasteiger partial charge in [-0.25, -0.2) is 9.97 Å². The SMILES string of the molecule is C[C@H]1CC[C@H](n2c3ccccc3c3cnc(Nc4ccc5c(n4)CCN(CCCO)C5)nc32)CC1. The highest BCUT2D eigenvalue weighted by Crippen LogP contribution is 2.38. The van der Waals surface area contributed by atoms with Gasteiger partial charge in [0.2, 0.25) is 5.95 Å². The molecular weight excluding hydrogens is 436 g/mol. The number of aromatic nitrogens is 4. The smallest absolute Gasteiger partial charge is 0.230 e. The number of hydrogen-bond donors (Lipinski definition) is 2. The fraction of sp³-hybridized carbons (Fsp3) is 0.464. The van der Waals surface area contributed by atoms with Gasteiger partial charge in [0.1, 0.15) is 11.5 Å². The van der Waals surface area contributed by atoms with E-state index in [4.69, 9.17) is 15.1 Å². The fourth-order valence-corrected chi connectivity index (χ4v) is 5.85. The second-order valence-electron chi connectivity index (χ2n) is 10.3. The Kier molecular flexibility index (Phi) is 6.12. The summed E-state index contributed by atoms with van der Waals surface area (Å²) in [5.74, 6) is 2.20. The predicted molar refractivity (Wildman–Crippen MR) is 140 cm³/mol. The Morgan fingerprint density at radius 3 is 2.74 bits per heavy atom. The number of aliphatic hydroxyl groups excluding tert-OH is 1. The molecule has 3 aromatic heterocycles. The van der Waals surface area contributed by atoms with Crippen LogP contribution in [-0.4, -0.2) is 49.2 Å². The van der Waals surface area contributed by atoms with Crippen LogP contribution in [0.25, 0.3) is 21.9 Å². The van der Waals surface area contributed by atoms with Crippen molar-refractivity contribution in [2.75, 3.05) is 25.0 Å². The van der Waals surface area contributed by atoms with Crippen molar-refractivity contribution in [1.82, 2.24) is 24.4 Å². The minimum Gasteiger partial charge on any atom is -0.396 e. The molecule has 6 rings (SSSR count). The van der Waals surface area contributed by atoms with E-state index in [9.17, 15) is 0 Å². The van der Waals surface area contributed by atoms with Gasteiger partial charge in [-0.2, -0.15) is 4.98 Å². The van der Waals surface area contributed by atoms with Crippen molar-refractivity contribution in [3.63, 3.8) is 0 Å². The van der Waals surface area contributed by atoms with E-state index in [0.29, 0.717) is 12.0 Å². The summed E-state index contributed by atoms with van der Waals surface area (Å²) in [6, 6.07) is 13.3. The van der Waals surface area contributed by atoms with Crippen LogP contribution in [0, 0.1) is 5.92 Å². The van der Waals surface area contributed by atoms with Crippen molar-refractivity contribution >= 4 is 33.7 Å². The van der Waals surface area contributed by atoms with Crippen LogP contribution in [0.1, 0.15) is 56.3 Å². The Bertz CT molecular complexity index is 1340. The van der Waals surface area contributed by atoms with Gasteiger partial charge in [-0.15, -0.1) is 0 Å². The third-order valence-electron chi connectivity index (χ3n) is 7.80. The van der Waals surface area contributed by atoms with Crippen molar-refractivity contribution in [2.45, 2.75) is 58.0 Å². The summed E-state index contributed by atoms with van der Waals surface area (Å²) in [6.07, 6.45) is 8.64. The number of aliphatic hydroxyl groups is 1. The van der Waals surface area contributed by atoms with Crippen molar-refractivity contribution in [1.29, 1.82) is 0 Å². The zero-order valence-corrected chi connectivity index (χ0v) is 20.5. The molecular formula is C28H34N6O. The molecule has 4 heterocycles. The van der Waals surface area contributed by atoms with E-state index in [1.807, 2.05) is 12.3 Å². The highest BCUT2D eigenvalue weighted by atomic mass is 16.3. The van der Waals surface area contributed by atoms with Gasteiger partial charge in [-0.1, -0.05) is 31.2 Å². The number of hydrogen-bond acceptors (Lipinski definition) is 6. The number of fused-ring (bicyclic) bond motifs is 4. The first kappa shape index (κ1) is 22.4. The maximum atomic E-state index is 9.12. The van der Waals surface area contributed by atoms with Crippen LogP contribution in [0.15, 0.2) is 42.6 Å². The molecule has 0 unspecified atom stereocenters. The van der Waals surface area contributed by atoms with Crippen molar-refractivity contribution in [2.24, 2.45) is 5.92 Å². The summed E-state index contributed by atoms with van der Waals surface area (Å²) < 4.78 is 2.46. The Morgan fingerprint density at radius 2 is 1.89 bits per heavy atom. The Labute approximate surface area is 206 Å². The molecule has 2 N–H and O–H groups in total. The van der Waals surface area contributed by atoms with Gasteiger partial charge in [-0.05, 0) is 55.7 Å². The maximum absolute atomic E-state index is 9.12. The van der Waals surface area contributed by atoms with Gasteiger partial charge in [0.25, 0.3) is 0 Å². The molecule has 0 amide bonds. The van der Waals surface area contributed by atoms with E-state index in [2.05, 4.69) is 57.0 Å². The Hall–Kier alpha value is -3.03. The average Bonchev–Trinajstić information content (AvgIpc) is 3.21. The van der Waals surface area contributed by atoms with E-state index in [1.54, 1.807) is 0 Å². The molecule has 1 fully saturated rings. The molecule has 182 valence electrons. The normalized spacial score (nSPS) is 20.9. The monoisotopic (exact) mass is 470 g/mol. The molecule has 7 nitrogen and oxygen atoms in total. The van der Waals surface area contributed by atoms with Crippen LogP contribution in [0.4, 0.5) is 11.8 Å². The number of para-hydroxylation sites is 1.